The highest BCUT2D eigenvalue weighted by Gasteiger charge is 2.08. The van der Waals surface area contributed by atoms with E-state index >= 15 is 0 Å². The summed E-state index contributed by atoms with van der Waals surface area (Å²) in [6, 6.07) is 17.7. The van der Waals surface area contributed by atoms with E-state index in [-0.39, 0.29) is 18.2 Å². The molecule has 0 radical (unpaired) electrons. The van der Waals surface area contributed by atoms with Crippen LogP contribution in [0.2, 0.25) is 5.02 Å². The number of nitro groups is 1. The van der Waals surface area contributed by atoms with Crippen LogP contribution in [-0.2, 0) is 6.61 Å². The standard InChI is InChI=1S/C22H18ClN3O5/c1-30-21-10-5-15(13-24-25-22(27)16-3-2-4-18(23)12-16)11-17(21)14-31-20-8-6-19(7-9-20)26(28)29/h2-13H,14H2,1H3,(H,25,27). The third-order valence-electron chi connectivity index (χ3n) is 4.21. The van der Waals surface area contributed by atoms with E-state index in [2.05, 4.69) is 10.5 Å². The van der Waals surface area contributed by atoms with Crippen molar-refractivity contribution in [2.24, 2.45) is 5.10 Å². The van der Waals surface area contributed by atoms with Crippen LogP contribution < -0.4 is 14.9 Å². The van der Waals surface area contributed by atoms with Crippen molar-refractivity contribution in [2.75, 3.05) is 7.11 Å². The Labute approximate surface area is 183 Å². The molecule has 1 amide bonds. The summed E-state index contributed by atoms with van der Waals surface area (Å²) in [5.41, 5.74) is 4.30. The van der Waals surface area contributed by atoms with Crippen molar-refractivity contribution in [3.05, 3.63) is 98.6 Å². The Bertz CT molecular complexity index is 1120. The number of nitro benzene ring substituents is 1. The lowest BCUT2D eigenvalue weighted by atomic mass is 10.1. The Hall–Kier alpha value is -3.91. The molecule has 8 nitrogen and oxygen atoms in total. The summed E-state index contributed by atoms with van der Waals surface area (Å²) in [5, 5.41) is 15.2. The maximum atomic E-state index is 12.1. The van der Waals surface area contributed by atoms with Gasteiger partial charge in [0, 0.05) is 28.3 Å². The minimum atomic E-state index is -0.471. The summed E-state index contributed by atoms with van der Waals surface area (Å²) in [6.45, 7) is 0.178. The van der Waals surface area contributed by atoms with Crippen LogP contribution in [0.1, 0.15) is 21.5 Å². The number of hydrazone groups is 1. The Balaban J connectivity index is 1.66. The summed E-state index contributed by atoms with van der Waals surface area (Å²) in [6.07, 6.45) is 1.50. The monoisotopic (exact) mass is 439 g/mol. The number of nitrogens with one attached hydrogen (secondary N) is 1. The van der Waals surface area contributed by atoms with Crippen molar-refractivity contribution in [3.63, 3.8) is 0 Å². The van der Waals surface area contributed by atoms with Gasteiger partial charge in [0.2, 0.25) is 0 Å². The Morgan fingerprint density at radius 3 is 2.61 bits per heavy atom. The molecular weight excluding hydrogens is 422 g/mol. The fourth-order valence-electron chi connectivity index (χ4n) is 2.68. The second kappa shape index (κ2) is 10.2. The number of benzene rings is 3. The van der Waals surface area contributed by atoms with Crippen LogP contribution in [0.5, 0.6) is 11.5 Å². The minimum Gasteiger partial charge on any atom is -0.496 e. The minimum absolute atomic E-state index is 0.0111. The van der Waals surface area contributed by atoms with Gasteiger partial charge in [0.1, 0.15) is 18.1 Å². The molecule has 3 aromatic rings. The molecule has 3 aromatic carbocycles. The van der Waals surface area contributed by atoms with Crippen molar-refractivity contribution in [3.8, 4) is 11.5 Å². The number of nitrogens with zero attached hydrogens (tertiary/aromatic N) is 2. The number of halogens is 1. The van der Waals surface area contributed by atoms with Crippen LogP contribution in [-0.4, -0.2) is 24.2 Å². The molecule has 31 heavy (non-hydrogen) atoms. The Morgan fingerprint density at radius 1 is 1.16 bits per heavy atom. The lowest BCUT2D eigenvalue weighted by molar-refractivity contribution is -0.384. The fraction of sp³-hybridized carbons (Fsp3) is 0.0909. The van der Waals surface area contributed by atoms with Gasteiger partial charge in [-0.2, -0.15) is 5.10 Å². The molecule has 3 rings (SSSR count). The molecule has 0 heterocycles. The number of carbonyl (C=O) groups is 1. The van der Waals surface area contributed by atoms with Gasteiger partial charge in [0.15, 0.2) is 0 Å². The van der Waals surface area contributed by atoms with Crippen molar-refractivity contribution in [1.29, 1.82) is 0 Å². The van der Waals surface area contributed by atoms with Crippen LogP contribution in [0.4, 0.5) is 5.69 Å². The van der Waals surface area contributed by atoms with Crippen LogP contribution in [0.15, 0.2) is 71.8 Å². The molecule has 0 saturated carbocycles. The molecular formula is C22H18ClN3O5. The van der Waals surface area contributed by atoms with Gasteiger partial charge in [-0.1, -0.05) is 17.7 Å². The van der Waals surface area contributed by atoms with Crippen LogP contribution in [0.25, 0.3) is 0 Å². The molecule has 0 spiro atoms. The van der Waals surface area contributed by atoms with Gasteiger partial charge in [0.25, 0.3) is 11.6 Å². The molecule has 0 fully saturated rings. The molecule has 0 bridgehead atoms. The molecule has 0 aliphatic heterocycles. The molecule has 0 aromatic heterocycles. The average molecular weight is 440 g/mol. The SMILES string of the molecule is COc1ccc(C=NNC(=O)c2cccc(Cl)c2)cc1COc1ccc([N+](=O)[O-])cc1. The Morgan fingerprint density at radius 2 is 1.94 bits per heavy atom. The molecule has 158 valence electrons. The first-order chi connectivity index (χ1) is 15.0. The lowest BCUT2D eigenvalue weighted by Gasteiger charge is -2.11. The zero-order valence-corrected chi connectivity index (χ0v) is 17.2. The number of non-ortho nitro benzene ring substituents is 1. The van der Waals surface area contributed by atoms with Crippen molar-refractivity contribution >= 4 is 29.4 Å². The molecule has 0 saturated heterocycles. The van der Waals surface area contributed by atoms with E-state index < -0.39 is 4.92 Å². The van der Waals surface area contributed by atoms with Crippen LogP contribution >= 0.6 is 11.6 Å². The van der Waals surface area contributed by atoms with E-state index in [9.17, 15) is 14.9 Å². The fourth-order valence-corrected chi connectivity index (χ4v) is 2.87. The first-order valence-electron chi connectivity index (χ1n) is 9.09. The van der Waals surface area contributed by atoms with E-state index in [1.807, 2.05) is 0 Å². The summed E-state index contributed by atoms with van der Waals surface area (Å²) < 4.78 is 11.1. The molecule has 1 N–H and O–H groups in total. The third-order valence-corrected chi connectivity index (χ3v) is 4.45. The predicted molar refractivity (Wildman–Crippen MR) is 117 cm³/mol. The molecule has 0 unspecified atom stereocenters. The average Bonchev–Trinajstić information content (AvgIpc) is 2.78. The molecule has 0 aliphatic rings. The van der Waals surface area contributed by atoms with E-state index in [1.54, 1.807) is 49.6 Å². The summed E-state index contributed by atoms with van der Waals surface area (Å²) in [7, 11) is 1.55. The highest BCUT2D eigenvalue weighted by atomic mass is 35.5. The summed E-state index contributed by atoms with van der Waals surface area (Å²) in [5.74, 6) is 0.719. The number of methoxy groups -OCH3 is 1. The third kappa shape index (κ3) is 6.03. The number of ether oxygens (including phenoxy) is 2. The highest BCUT2D eigenvalue weighted by Crippen LogP contribution is 2.23. The number of hydrogen-bond acceptors (Lipinski definition) is 6. The zero-order valence-electron chi connectivity index (χ0n) is 16.4. The molecule has 0 atom stereocenters. The van der Waals surface area contributed by atoms with E-state index in [0.717, 1.165) is 11.1 Å². The van der Waals surface area contributed by atoms with Gasteiger partial charge in [-0.3, -0.25) is 14.9 Å². The van der Waals surface area contributed by atoms with E-state index in [1.165, 1.54) is 30.5 Å². The van der Waals surface area contributed by atoms with Gasteiger partial charge in [-0.15, -0.1) is 0 Å². The number of amides is 1. The first-order valence-corrected chi connectivity index (χ1v) is 9.47. The largest absolute Gasteiger partial charge is 0.496 e. The van der Waals surface area contributed by atoms with Gasteiger partial charge >= 0.3 is 0 Å². The highest BCUT2D eigenvalue weighted by molar-refractivity contribution is 6.30. The summed E-state index contributed by atoms with van der Waals surface area (Å²) in [4.78, 5) is 22.4. The second-order valence-corrected chi connectivity index (χ2v) is 6.76. The number of carbonyl (C=O) groups excluding carboxylic acids is 1. The van der Waals surface area contributed by atoms with Gasteiger partial charge in [-0.25, -0.2) is 5.43 Å². The van der Waals surface area contributed by atoms with Gasteiger partial charge in [0.05, 0.1) is 18.2 Å². The molecule has 0 aliphatic carbocycles. The zero-order chi connectivity index (χ0) is 22.2. The van der Waals surface area contributed by atoms with Crippen molar-refractivity contribution < 1.29 is 19.2 Å². The van der Waals surface area contributed by atoms with Crippen LogP contribution in [0, 0.1) is 10.1 Å². The second-order valence-electron chi connectivity index (χ2n) is 6.32. The van der Waals surface area contributed by atoms with Gasteiger partial charge in [-0.05, 0) is 54.1 Å². The maximum absolute atomic E-state index is 12.1. The van der Waals surface area contributed by atoms with Gasteiger partial charge < -0.3 is 9.47 Å². The van der Waals surface area contributed by atoms with Crippen LogP contribution in [0.3, 0.4) is 0 Å². The van der Waals surface area contributed by atoms with Crippen molar-refractivity contribution in [2.45, 2.75) is 6.61 Å². The van der Waals surface area contributed by atoms with Crippen molar-refractivity contribution in [1.82, 2.24) is 5.43 Å². The summed E-state index contributed by atoms with van der Waals surface area (Å²) >= 11 is 5.89. The normalized spacial score (nSPS) is 10.6. The predicted octanol–water partition coefficient (Wildman–Crippen LogP) is 4.60. The number of hydrogen-bond donors (Lipinski definition) is 1. The smallest absolute Gasteiger partial charge is 0.271 e. The Kier molecular flexibility index (Phi) is 7.18. The topological polar surface area (TPSA) is 103 Å². The quantitative estimate of drug-likeness (QED) is 0.314. The van der Waals surface area contributed by atoms with E-state index in [4.69, 9.17) is 21.1 Å². The van der Waals surface area contributed by atoms with E-state index in [0.29, 0.717) is 22.1 Å². The first kappa shape index (κ1) is 21.8. The number of rotatable bonds is 8. The lowest BCUT2D eigenvalue weighted by Crippen LogP contribution is -2.17. The molecule has 9 heteroatoms. The maximum Gasteiger partial charge on any atom is 0.271 e.